The van der Waals surface area contributed by atoms with Crippen molar-refractivity contribution in [2.24, 2.45) is 0 Å². The summed E-state index contributed by atoms with van der Waals surface area (Å²) in [5.41, 5.74) is 0.569. The van der Waals surface area contributed by atoms with Crippen LogP contribution in [0.4, 0.5) is 17.1 Å². The molecule has 2 N–H and O–H groups in total. The first-order valence-electron chi connectivity index (χ1n) is 7.87. The van der Waals surface area contributed by atoms with Crippen molar-refractivity contribution in [2.45, 2.75) is 13.0 Å². The van der Waals surface area contributed by atoms with Crippen molar-refractivity contribution in [1.29, 1.82) is 5.26 Å². The van der Waals surface area contributed by atoms with Crippen LogP contribution in [0.1, 0.15) is 12.5 Å². The van der Waals surface area contributed by atoms with Crippen molar-refractivity contribution in [1.82, 2.24) is 0 Å². The van der Waals surface area contributed by atoms with E-state index >= 15 is 0 Å². The highest BCUT2D eigenvalue weighted by Gasteiger charge is 2.18. The molecule has 1 atom stereocenters. The topological polar surface area (TPSA) is 127 Å². The molecule has 0 radical (unpaired) electrons. The molecular formula is C18H18N4O5. The molecule has 2 rings (SSSR count). The van der Waals surface area contributed by atoms with Gasteiger partial charge in [-0.1, -0.05) is 0 Å². The molecule has 27 heavy (non-hydrogen) atoms. The fraction of sp³-hybridized carbons (Fsp3) is 0.222. The van der Waals surface area contributed by atoms with Crippen molar-refractivity contribution >= 4 is 23.0 Å². The lowest BCUT2D eigenvalue weighted by molar-refractivity contribution is -0.384. The van der Waals surface area contributed by atoms with Gasteiger partial charge in [-0.2, -0.15) is 5.26 Å². The highest BCUT2D eigenvalue weighted by molar-refractivity contribution is 5.97. The number of non-ortho nitro benzene ring substituents is 1. The van der Waals surface area contributed by atoms with Crippen LogP contribution in [0.15, 0.2) is 36.4 Å². The summed E-state index contributed by atoms with van der Waals surface area (Å²) in [6.07, 6.45) is 0. The minimum atomic E-state index is -0.672. The number of nitro groups is 1. The van der Waals surface area contributed by atoms with E-state index < -0.39 is 16.9 Å². The number of anilines is 2. The smallest absolute Gasteiger partial charge is 0.270 e. The number of amides is 1. The first-order valence-corrected chi connectivity index (χ1v) is 7.87. The second-order valence-electron chi connectivity index (χ2n) is 5.52. The Labute approximate surface area is 155 Å². The summed E-state index contributed by atoms with van der Waals surface area (Å²) in [6.45, 7) is 1.64. The number of ether oxygens (including phenoxy) is 2. The maximum atomic E-state index is 12.4. The van der Waals surface area contributed by atoms with Gasteiger partial charge in [0.1, 0.15) is 23.6 Å². The van der Waals surface area contributed by atoms with Gasteiger partial charge in [0.15, 0.2) is 0 Å². The standard InChI is InChI=1S/C18H18N4O5/c1-11(20-16-7-5-14(26-2)9-17(16)27-3)18(23)21-15-6-4-13(22(24)25)8-12(15)10-19/h4-9,11,20H,1-3H3,(H,21,23)/t11-/m1/s1. The lowest BCUT2D eigenvalue weighted by Gasteiger charge is -2.18. The second kappa shape index (κ2) is 8.53. The van der Waals surface area contributed by atoms with Gasteiger partial charge in [0, 0.05) is 18.2 Å². The molecule has 0 spiro atoms. The molecule has 0 saturated heterocycles. The predicted octanol–water partition coefficient (Wildman–Crippen LogP) is 2.92. The van der Waals surface area contributed by atoms with Crippen molar-refractivity contribution in [3.05, 3.63) is 52.1 Å². The van der Waals surface area contributed by atoms with Gasteiger partial charge in [-0.25, -0.2) is 0 Å². The molecule has 0 aliphatic heterocycles. The number of carbonyl (C=O) groups is 1. The number of carbonyl (C=O) groups excluding carboxylic acids is 1. The quantitative estimate of drug-likeness (QED) is 0.566. The molecule has 2 aromatic carbocycles. The Bertz CT molecular complexity index is 907. The Morgan fingerprint density at radius 2 is 1.89 bits per heavy atom. The van der Waals surface area contributed by atoms with Crippen LogP contribution >= 0.6 is 0 Å². The van der Waals surface area contributed by atoms with E-state index in [1.54, 1.807) is 25.1 Å². The van der Waals surface area contributed by atoms with E-state index in [2.05, 4.69) is 10.6 Å². The summed E-state index contributed by atoms with van der Waals surface area (Å²) in [7, 11) is 3.04. The van der Waals surface area contributed by atoms with Crippen LogP contribution in [-0.2, 0) is 4.79 Å². The van der Waals surface area contributed by atoms with Crippen LogP contribution in [0.3, 0.4) is 0 Å². The summed E-state index contributed by atoms with van der Waals surface area (Å²) < 4.78 is 10.4. The number of rotatable bonds is 7. The Balaban J connectivity index is 2.15. The predicted molar refractivity (Wildman–Crippen MR) is 99.1 cm³/mol. The molecular weight excluding hydrogens is 352 g/mol. The fourth-order valence-corrected chi connectivity index (χ4v) is 2.30. The SMILES string of the molecule is COc1ccc(N[C@H](C)C(=O)Nc2ccc([N+](=O)[O-])cc2C#N)c(OC)c1. The molecule has 0 bridgehead atoms. The largest absolute Gasteiger partial charge is 0.497 e. The van der Waals surface area contributed by atoms with Crippen molar-refractivity contribution in [3.63, 3.8) is 0 Å². The zero-order chi connectivity index (χ0) is 20.0. The molecule has 0 saturated carbocycles. The minimum Gasteiger partial charge on any atom is -0.497 e. The van der Waals surface area contributed by atoms with Crippen molar-refractivity contribution in [3.8, 4) is 17.6 Å². The Morgan fingerprint density at radius 3 is 2.48 bits per heavy atom. The van der Waals surface area contributed by atoms with Gasteiger partial charge in [-0.3, -0.25) is 14.9 Å². The number of nitriles is 1. The number of nitro benzene ring substituents is 1. The molecule has 140 valence electrons. The number of hydrogen-bond donors (Lipinski definition) is 2. The Hall–Kier alpha value is -3.80. The highest BCUT2D eigenvalue weighted by atomic mass is 16.6. The van der Waals surface area contributed by atoms with E-state index in [-0.39, 0.29) is 16.9 Å². The molecule has 9 nitrogen and oxygen atoms in total. The van der Waals surface area contributed by atoms with Crippen LogP contribution in [-0.4, -0.2) is 31.1 Å². The van der Waals surface area contributed by atoms with E-state index in [9.17, 15) is 14.9 Å². The maximum absolute atomic E-state index is 12.4. The maximum Gasteiger partial charge on any atom is 0.270 e. The minimum absolute atomic E-state index is 0.00628. The lowest BCUT2D eigenvalue weighted by atomic mass is 10.1. The average molecular weight is 370 g/mol. The Kier molecular flexibility index (Phi) is 6.17. The van der Waals surface area contributed by atoms with Crippen LogP contribution in [0.25, 0.3) is 0 Å². The normalized spacial score (nSPS) is 11.0. The highest BCUT2D eigenvalue weighted by Crippen LogP contribution is 2.29. The number of methoxy groups -OCH3 is 2. The monoisotopic (exact) mass is 370 g/mol. The van der Waals surface area contributed by atoms with E-state index in [4.69, 9.17) is 14.7 Å². The molecule has 0 heterocycles. The van der Waals surface area contributed by atoms with Gasteiger partial charge >= 0.3 is 0 Å². The zero-order valence-electron chi connectivity index (χ0n) is 15.0. The Morgan fingerprint density at radius 1 is 1.19 bits per heavy atom. The molecule has 0 aromatic heterocycles. The first-order chi connectivity index (χ1) is 12.9. The summed E-state index contributed by atoms with van der Waals surface area (Å²) in [4.78, 5) is 22.6. The summed E-state index contributed by atoms with van der Waals surface area (Å²) in [6, 6.07) is 9.95. The van der Waals surface area contributed by atoms with Crippen molar-refractivity contribution in [2.75, 3.05) is 24.9 Å². The van der Waals surface area contributed by atoms with Crippen LogP contribution in [0.5, 0.6) is 11.5 Å². The van der Waals surface area contributed by atoms with E-state index in [0.717, 1.165) is 6.07 Å². The molecule has 0 aliphatic carbocycles. The van der Waals surface area contributed by atoms with E-state index in [1.807, 2.05) is 6.07 Å². The lowest BCUT2D eigenvalue weighted by Crippen LogP contribution is -2.32. The molecule has 0 fully saturated rings. The van der Waals surface area contributed by atoms with Crippen LogP contribution < -0.4 is 20.1 Å². The van der Waals surface area contributed by atoms with Crippen LogP contribution in [0.2, 0.25) is 0 Å². The molecule has 1 amide bonds. The molecule has 0 aliphatic rings. The van der Waals surface area contributed by atoms with Gasteiger partial charge in [0.25, 0.3) is 5.69 Å². The third kappa shape index (κ3) is 4.64. The average Bonchev–Trinajstić information content (AvgIpc) is 2.68. The number of hydrogen-bond acceptors (Lipinski definition) is 7. The van der Waals surface area contributed by atoms with Crippen molar-refractivity contribution < 1.29 is 19.2 Å². The van der Waals surface area contributed by atoms with Gasteiger partial charge < -0.3 is 20.1 Å². The van der Waals surface area contributed by atoms with Gasteiger partial charge in [0.2, 0.25) is 5.91 Å². The molecule has 0 unspecified atom stereocenters. The van der Waals surface area contributed by atoms with Gasteiger partial charge in [0.05, 0.1) is 36.1 Å². The van der Waals surface area contributed by atoms with E-state index in [0.29, 0.717) is 17.2 Å². The number of nitrogens with one attached hydrogen (secondary N) is 2. The van der Waals surface area contributed by atoms with Gasteiger partial charge in [-0.15, -0.1) is 0 Å². The van der Waals surface area contributed by atoms with E-state index in [1.165, 1.54) is 26.4 Å². The number of benzene rings is 2. The first kappa shape index (κ1) is 19.5. The van der Waals surface area contributed by atoms with Crippen LogP contribution in [0, 0.1) is 21.4 Å². The molecule has 9 heteroatoms. The summed E-state index contributed by atoms with van der Waals surface area (Å²) in [5, 5.41) is 25.6. The second-order valence-corrected chi connectivity index (χ2v) is 5.52. The summed E-state index contributed by atoms with van der Waals surface area (Å²) in [5.74, 6) is 0.694. The summed E-state index contributed by atoms with van der Waals surface area (Å²) >= 11 is 0. The van der Waals surface area contributed by atoms with Gasteiger partial charge in [-0.05, 0) is 25.1 Å². The third-order valence-corrected chi connectivity index (χ3v) is 3.77. The third-order valence-electron chi connectivity index (χ3n) is 3.77. The molecule has 2 aromatic rings. The fourth-order valence-electron chi connectivity index (χ4n) is 2.30. The number of nitrogens with zero attached hydrogens (tertiary/aromatic N) is 2. The zero-order valence-corrected chi connectivity index (χ0v) is 15.0.